The van der Waals surface area contributed by atoms with Crippen LogP contribution in [0.25, 0.3) is 0 Å². The van der Waals surface area contributed by atoms with Gasteiger partial charge >= 0.3 is 6.03 Å². The zero-order chi connectivity index (χ0) is 16.9. The number of methoxy groups -OCH3 is 1. The van der Waals surface area contributed by atoms with E-state index in [0.29, 0.717) is 5.25 Å². The van der Waals surface area contributed by atoms with Crippen LogP contribution in [0.5, 0.6) is 5.75 Å². The summed E-state index contributed by atoms with van der Waals surface area (Å²) in [4.78, 5) is 12.4. The molecule has 1 aliphatic carbocycles. The number of carbonyl (C=O) groups is 1. The summed E-state index contributed by atoms with van der Waals surface area (Å²) in [5, 5.41) is 6.90. The Morgan fingerprint density at radius 2 is 2.04 bits per heavy atom. The van der Waals surface area contributed by atoms with Crippen molar-refractivity contribution in [2.45, 2.75) is 56.4 Å². The molecule has 23 heavy (non-hydrogen) atoms. The Bertz CT molecular complexity index is 534. The van der Waals surface area contributed by atoms with Crippen molar-refractivity contribution in [2.75, 3.05) is 13.4 Å². The first-order chi connectivity index (χ1) is 11.0. The van der Waals surface area contributed by atoms with E-state index in [1.165, 1.54) is 12.8 Å². The summed E-state index contributed by atoms with van der Waals surface area (Å²) in [6.45, 7) is 3.99. The number of urea groups is 1. The molecule has 2 atom stereocenters. The van der Waals surface area contributed by atoms with Crippen LogP contribution in [-0.4, -0.2) is 30.7 Å². The quantitative estimate of drug-likeness (QED) is 0.857. The van der Waals surface area contributed by atoms with Gasteiger partial charge in [0.1, 0.15) is 5.75 Å². The number of amides is 2. The van der Waals surface area contributed by atoms with Crippen LogP contribution in [-0.2, 0) is 5.54 Å². The van der Waals surface area contributed by atoms with Crippen molar-refractivity contribution in [2.24, 2.45) is 0 Å². The second-order valence-corrected chi connectivity index (χ2v) is 7.78. The van der Waals surface area contributed by atoms with E-state index in [-0.39, 0.29) is 12.1 Å². The summed E-state index contributed by atoms with van der Waals surface area (Å²) in [5.41, 5.74) is 0.479. The molecule has 2 rings (SSSR count). The highest BCUT2D eigenvalue weighted by molar-refractivity contribution is 7.99. The van der Waals surface area contributed by atoms with Gasteiger partial charge in [-0.3, -0.25) is 0 Å². The molecule has 0 spiro atoms. The lowest BCUT2D eigenvalue weighted by Gasteiger charge is -2.32. The predicted molar refractivity (Wildman–Crippen MR) is 97.2 cm³/mol. The molecule has 5 heteroatoms. The smallest absolute Gasteiger partial charge is 0.315 e. The summed E-state index contributed by atoms with van der Waals surface area (Å²) >= 11 is 1.90. The van der Waals surface area contributed by atoms with Gasteiger partial charge in [0.05, 0.1) is 12.6 Å². The summed E-state index contributed by atoms with van der Waals surface area (Å²) in [6, 6.07) is 7.97. The standard InChI is InChI=1S/C18H28N2O2S/c1-18(2,15-10-5-6-11-16(15)22-3)20-17(21)19-13-8-7-9-14(12-13)23-4/h5-6,10-11,13-14H,7-9,12H2,1-4H3,(H2,19,20,21)/t13-,14+/m0/s1. The molecule has 4 nitrogen and oxygen atoms in total. The maximum Gasteiger partial charge on any atom is 0.315 e. The van der Waals surface area contributed by atoms with Crippen molar-refractivity contribution >= 4 is 17.8 Å². The van der Waals surface area contributed by atoms with Gasteiger partial charge in [0.25, 0.3) is 0 Å². The number of nitrogens with one attached hydrogen (secondary N) is 2. The van der Waals surface area contributed by atoms with E-state index in [1.54, 1.807) is 7.11 Å². The lowest BCUT2D eigenvalue weighted by molar-refractivity contribution is 0.221. The number of hydrogen-bond acceptors (Lipinski definition) is 3. The van der Waals surface area contributed by atoms with Crippen LogP contribution in [0.15, 0.2) is 24.3 Å². The van der Waals surface area contributed by atoms with Gasteiger partial charge < -0.3 is 15.4 Å². The molecule has 2 N–H and O–H groups in total. The van der Waals surface area contributed by atoms with Gasteiger partial charge in [0.15, 0.2) is 0 Å². The van der Waals surface area contributed by atoms with Crippen molar-refractivity contribution < 1.29 is 9.53 Å². The molecule has 1 saturated carbocycles. The lowest BCUT2D eigenvalue weighted by atomic mass is 9.93. The highest BCUT2D eigenvalue weighted by Gasteiger charge is 2.28. The molecule has 128 valence electrons. The number of rotatable bonds is 5. The normalized spacial score (nSPS) is 21.6. The maximum absolute atomic E-state index is 12.4. The van der Waals surface area contributed by atoms with Crippen LogP contribution in [0.2, 0.25) is 0 Å². The van der Waals surface area contributed by atoms with Gasteiger partial charge in [0.2, 0.25) is 0 Å². The Labute approximate surface area is 143 Å². The van der Waals surface area contributed by atoms with Gasteiger partial charge in [-0.2, -0.15) is 11.8 Å². The minimum absolute atomic E-state index is 0.104. The maximum atomic E-state index is 12.4. The third kappa shape index (κ3) is 4.80. The van der Waals surface area contributed by atoms with Crippen LogP contribution in [0.3, 0.4) is 0 Å². The van der Waals surface area contributed by atoms with Gasteiger partial charge in [-0.1, -0.05) is 24.6 Å². The van der Waals surface area contributed by atoms with Crippen LogP contribution in [0.4, 0.5) is 4.79 Å². The number of ether oxygens (including phenoxy) is 1. The lowest BCUT2D eigenvalue weighted by Crippen LogP contribution is -2.50. The first-order valence-corrected chi connectivity index (χ1v) is 9.50. The fourth-order valence-electron chi connectivity index (χ4n) is 3.22. The van der Waals surface area contributed by atoms with Crippen LogP contribution >= 0.6 is 11.8 Å². The van der Waals surface area contributed by atoms with Crippen LogP contribution in [0.1, 0.15) is 45.1 Å². The highest BCUT2D eigenvalue weighted by Crippen LogP contribution is 2.30. The first-order valence-electron chi connectivity index (χ1n) is 8.21. The van der Waals surface area contributed by atoms with Crippen molar-refractivity contribution in [3.05, 3.63) is 29.8 Å². The molecule has 1 aromatic rings. The van der Waals surface area contributed by atoms with E-state index in [4.69, 9.17) is 4.74 Å². The molecule has 0 unspecified atom stereocenters. The van der Waals surface area contributed by atoms with Gasteiger partial charge in [-0.05, 0) is 45.4 Å². The van der Waals surface area contributed by atoms with Crippen molar-refractivity contribution in [3.8, 4) is 5.75 Å². The van der Waals surface area contributed by atoms with Crippen LogP contribution in [0, 0.1) is 0 Å². The molecule has 0 radical (unpaired) electrons. The second kappa shape index (κ2) is 7.95. The summed E-state index contributed by atoms with van der Waals surface area (Å²) in [7, 11) is 1.65. The van der Waals surface area contributed by atoms with E-state index < -0.39 is 5.54 Å². The molecular formula is C18H28N2O2S. The molecule has 0 saturated heterocycles. The Hall–Kier alpha value is -1.36. The number of thioether (sulfide) groups is 1. The molecule has 0 aliphatic heterocycles. The number of hydrogen-bond donors (Lipinski definition) is 2. The fraction of sp³-hybridized carbons (Fsp3) is 0.611. The summed E-state index contributed by atoms with van der Waals surface area (Å²) < 4.78 is 5.42. The summed E-state index contributed by atoms with van der Waals surface area (Å²) in [5.74, 6) is 0.790. The Kier molecular flexibility index (Phi) is 6.22. The molecule has 0 aromatic heterocycles. The van der Waals surface area contributed by atoms with E-state index >= 15 is 0 Å². The fourth-order valence-corrected chi connectivity index (χ4v) is 4.05. The third-order valence-corrected chi connectivity index (χ3v) is 5.60. The molecule has 0 bridgehead atoms. The average Bonchev–Trinajstić information content (AvgIpc) is 2.54. The molecule has 1 aliphatic rings. The van der Waals surface area contributed by atoms with Crippen molar-refractivity contribution in [1.82, 2.24) is 10.6 Å². The van der Waals surface area contributed by atoms with Crippen molar-refractivity contribution in [3.63, 3.8) is 0 Å². The zero-order valence-corrected chi connectivity index (χ0v) is 15.3. The predicted octanol–water partition coefficient (Wildman–Crippen LogP) is 3.90. The van der Waals surface area contributed by atoms with Gasteiger partial charge in [0, 0.05) is 16.9 Å². The second-order valence-electron chi connectivity index (χ2n) is 6.64. The van der Waals surface area contributed by atoms with E-state index in [9.17, 15) is 4.79 Å². The van der Waals surface area contributed by atoms with E-state index in [0.717, 1.165) is 24.2 Å². The highest BCUT2D eigenvalue weighted by atomic mass is 32.2. The van der Waals surface area contributed by atoms with Crippen molar-refractivity contribution in [1.29, 1.82) is 0 Å². The SMILES string of the molecule is COc1ccccc1C(C)(C)NC(=O)N[C@H]1CCC[C@@H](SC)C1. The van der Waals surface area contributed by atoms with Crippen LogP contribution < -0.4 is 15.4 Å². The third-order valence-electron chi connectivity index (χ3n) is 4.50. The summed E-state index contributed by atoms with van der Waals surface area (Å²) in [6.07, 6.45) is 6.72. The Morgan fingerprint density at radius 1 is 1.30 bits per heavy atom. The number of benzene rings is 1. The number of carbonyl (C=O) groups excluding carboxylic acids is 1. The first kappa shape index (κ1) is 18.0. The molecule has 2 amide bonds. The average molecular weight is 337 g/mol. The minimum atomic E-state index is -0.496. The molecule has 1 aromatic carbocycles. The largest absolute Gasteiger partial charge is 0.496 e. The van der Waals surface area contributed by atoms with E-state index in [1.807, 2.05) is 49.9 Å². The Balaban J connectivity index is 1.98. The number of para-hydroxylation sites is 1. The van der Waals surface area contributed by atoms with E-state index in [2.05, 4.69) is 16.9 Å². The molecule has 1 fully saturated rings. The van der Waals surface area contributed by atoms with Gasteiger partial charge in [-0.25, -0.2) is 4.79 Å². The topological polar surface area (TPSA) is 50.4 Å². The van der Waals surface area contributed by atoms with Gasteiger partial charge in [-0.15, -0.1) is 0 Å². The monoisotopic (exact) mass is 336 g/mol. The zero-order valence-electron chi connectivity index (χ0n) is 14.5. The molecular weight excluding hydrogens is 308 g/mol. The molecule has 0 heterocycles. The minimum Gasteiger partial charge on any atom is -0.496 e. The Morgan fingerprint density at radius 3 is 2.74 bits per heavy atom.